The van der Waals surface area contributed by atoms with Gasteiger partial charge in [0.1, 0.15) is 5.82 Å². The number of rotatable bonds is 5. The summed E-state index contributed by atoms with van der Waals surface area (Å²) in [5.74, 6) is -2.26. The van der Waals surface area contributed by atoms with Crippen LogP contribution < -0.4 is 5.32 Å². The number of carboxylic acid groups (broad SMARTS) is 1. The van der Waals surface area contributed by atoms with Crippen LogP contribution in [-0.4, -0.2) is 16.0 Å². The summed E-state index contributed by atoms with van der Waals surface area (Å²) in [6.45, 7) is 5.26. The fourth-order valence-electron chi connectivity index (χ4n) is 2.35. The molecule has 0 saturated heterocycles. The van der Waals surface area contributed by atoms with Crippen molar-refractivity contribution in [3.63, 3.8) is 0 Å². The molecule has 0 bridgehead atoms. The molecule has 8 heteroatoms. The standard InChI is InChI=1S/C18H16F4N2O2/c1-3-8-24-11(2)4-7-15(16(24)17(25)26)23-10-12-5-6-13(9-14(12)19)18(20,21)22/h3-9,23H,2,10H2,1H3,(H,25,26)/b8-3-. The van der Waals surface area contributed by atoms with Crippen molar-refractivity contribution in [2.24, 2.45) is 0 Å². The van der Waals surface area contributed by atoms with E-state index in [-0.39, 0.29) is 23.5 Å². The highest BCUT2D eigenvalue weighted by atomic mass is 19.4. The van der Waals surface area contributed by atoms with Crippen LogP contribution in [0.15, 0.2) is 66.3 Å². The van der Waals surface area contributed by atoms with E-state index in [1.807, 2.05) is 0 Å². The number of halogens is 4. The normalized spacial score (nSPS) is 15.1. The molecule has 1 aromatic carbocycles. The maximum Gasteiger partial charge on any atom is 0.416 e. The number of hydrogen-bond donors (Lipinski definition) is 2. The lowest BCUT2D eigenvalue weighted by Crippen LogP contribution is -2.29. The predicted molar refractivity (Wildman–Crippen MR) is 87.8 cm³/mol. The zero-order valence-corrected chi connectivity index (χ0v) is 13.8. The van der Waals surface area contributed by atoms with Gasteiger partial charge in [-0.25, -0.2) is 9.18 Å². The summed E-state index contributed by atoms with van der Waals surface area (Å²) < 4.78 is 51.7. The number of benzene rings is 1. The van der Waals surface area contributed by atoms with Gasteiger partial charge in [-0.3, -0.25) is 0 Å². The summed E-state index contributed by atoms with van der Waals surface area (Å²) in [7, 11) is 0. The number of aliphatic carboxylic acids is 1. The van der Waals surface area contributed by atoms with Crippen LogP contribution in [0, 0.1) is 5.82 Å². The summed E-state index contributed by atoms with van der Waals surface area (Å²) >= 11 is 0. The van der Waals surface area contributed by atoms with Gasteiger partial charge in [0.05, 0.1) is 11.3 Å². The summed E-state index contributed by atoms with van der Waals surface area (Å²) in [5, 5.41) is 12.2. The number of allylic oxidation sites excluding steroid dienone is 3. The molecule has 0 saturated carbocycles. The molecule has 1 aliphatic rings. The van der Waals surface area contributed by atoms with Crippen LogP contribution in [0.1, 0.15) is 18.1 Å². The molecular formula is C18H16F4N2O2. The Morgan fingerprint density at radius 3 is 2.58 bits per heavy atom. The number of alkyl halides is 3. The van der Waals surface area contributed by atoms with Gasteiger partial charge in [0.2, 0.25) is 0 Å². The number of nitrogens with one attached hydrogen (secondary N) is 1. The van der Waals surface area contributed by atoms with Gasteiger partial charge in [-0.05, 0) is 31.2 Å². The lowest BCUT2D eigenvalue weighted by atomic mass is 10.1. The molecule has 0 amide bonds. The quantitative estimate of drug-likeness (QED) is 0.767. The molecule has 1 aromatic rings. The third kappa shape index (κ3) is 4.14. The van der Waals surface area contributed by atoms with Crippen LogP contribution in [0.4, 0.5) is 17.6 Å². The monoisotopic (exact) mass is 368 g/mol. The van der Waals surface area contributed by atoms with Gasteiger partial charge in [0.15, 0.2) is 5.70 Å². The molecule has 1 aliphatic heterocycles. The molecule has 0 aromatic heterocycles. The molecule has 0 spiro atoms. The average molecular weight is 368 g/mol. The molecule has 0 fully saturated rings. The van der Waals surface area contributed by atoms with Crippen LogP contribution in [0.25, 0.3) is 0 Å². The van der Waals surface area contributed by atoms with Crippen LogP contribution in [0.5, 0.6) is 0 Å². The molecule has 2 rings (SSSR count). The Bertz CT molecular complexity index is 823. The fourth-order valence-corrected chi connectivity index (χ4v) is 2.35. The zero-order valence-electron chi connectivity index (χ0n) is 13.8. The van der Waals surface area contributed by atoms with E-state index in [4.69, 9.17) is 0 Å². The first-order valence-corrected chi connectivity index (χ1v) is 7.51. The average Bonchev–Trinajstić information content (AvgIpc) is 2.55. The van der Waals surface area contributed by atoms with Crippen molar-refractivity contribution in [2.45, 2.75) is 19.6 Å². The van der Waals surface area contributed by atoms with Gasteiger partial charge in [-0.1, -0.05) is 18.7 Å². The SMILES string of the molecule is C=C1C=CC(NCc2ccc(C(F)(F)F)cc2F)=C(C(=O)O)N1/C=C\C. The first-order chi connectivity index (χ1) is 12.1. The van der Waals surface area contributed by atoms with Gasteiger partial charge in [-0.2, -0.15) is 13.2 Å². The first kappa shape index (κ1) is 19.3. The van der Waals surface area contributed by atoms with Crippen molar-refractivity contribution in [3.8, 4) is 0 Å². The first-order valence-electron chi connectivity index (χ1n) is 7.51. The Morgan fingerprint density at radius 2 is 2.04 bits per heavy atom. The van der Waals surface area contributed by atoms with E-state index in [0.29, 0.717) is 11.8 Å². The number of hydrogen-bond acceptors (Lipinski definition) is 3. The summed E-state index contributed by atoms with van der Waals surface area (Å²) in [5.41, 5.74) is -0.625. The predicted octanol–water partition coefficient (Wildman–Crippen LogP) is 4.15. The summed E-state index contributed by atoms with van der Waals surface area (Å²) in [6.07, 6.45) is 1.53. The van der Waals surface area contributed by atoms with Crippen molar-refractivity contribution >= 4 is 5.97 Å². The lowest BCUT2D eigenvalue weighted by Gasteiger charge is -2.27. The molecular weight excluding hydrogens is 352 g/mol. The molecule has 1 heterocycles. The van der Waals surface area contributed by atoms with Gasteiger partial charge in [0, 0.05) is 24.0 Å². The van der Waals surface area contributed by atoms with E-state index in [9.17, 15) is 27.5 Å². The molecule has 0 unspecified atom stereocenters. The minimum atomic E-state index is -4.63. The summed E-state index contributed by atoms with van der Waals surface area (Å²) in [4.78, 5) is 12.9. The van der Waals surface area contributed by atoms with Gasteiger partial charge >= 0.3 is 12.1 Å². The smallest absolute Gasteiger partial charge is 0.416 e. The third-order valence-corrected chi connectivity index (χ3v) is 3.60. The van der Waals surface area contributed by atoms with Gasteiger partial charge < -0.3 is 15.3 Å². The molecule has 0 radical (unpaired) electrons. The largest absolute Gasteiger partial charge is 0.476 e. The lowest BCUT2D eigenvalue weighted by molar-refractivity contribution is -0.138. The van der Waals surface area contributed by atoms with Crippen molar-refractivity contribution < 1.29 is 27.5 Å². The van der Waals surface area contributed by atoms with Crippen molar-refractivity contribution in [2.75, 3.05) is 0 Å². The Morgan fingerprint density at radius 1 is 1.35 bits per heavy atom. The highest BCUT2D eigenvalue weighted by Gasteiger charge is 2.31. The maximum absolute atomic E-state index is 13.9. The van der Waals surface area contributed by atoms with E-state index in [1.54, 1.807) is 19.1 Å². The number of carboxylic acids is 1. The second-order valence-corrected chi connectivity index (χ2v) is 5.40. The Labute approximate surface area is 147 Å². The summed E-state index contributed by atoms with van der Waals surface area (Å²) in [6, 6.07) is 2.20. The minimum Gasteiger partial charge on any atom is -0.476 e. The molecule has 0 atom stereocenters. The van der Waals surface area contributed by atoms with E-state index in [0.717, 1.165) is 12.1 Å². The fraction of sp³-hybridized carbons (Fsp3) is 0.167. The van der Waals surface area contributed by atoms with Crippen molar-refractivity contribution in [1.29, 1.82) is 0 Å². The topological polar surface area (TPSA) is 52.6 Å². The molecule has 4 nitrogen and oxygen atoms in total. The van der Waals surface area contributed by atoms with Crippen LogP contribution in [0.2, 0.25) is 0 Å². The maximum atomic E-state index is 13.9. The number of carbonyl (C=O) groups is 1. The molecule has 138 valence electrons. The van der Waals surface area contributed by atoms with E-state index in [2.05, 4.69) is 11.9 Å². The molecule has 0 aliphatic carbocycles. The second kappa shape index (κ2) is 7.47. The Balaban J connectivity index is 2.28. The van der Waals surface area contributed by atoms with E-state index >= 15 is 0 Å². The minimum absolute atomic E-state index is 0.0226. The van der Waals surface area contributed by atoms with Crippen LogP contribution in [0.3, 0.4) is 0 Å². The molecule has 26 heavy (non-hydrogen) atoms. The zero-order chi connectivity index (χ0) is 19.5. The Hall–Kier alpha value is -3.03. The van der Waals surface area contributed by atoms with Crippen molar-refractivity contribution in [3.05, 3.63) is 83.2 Å². The van der Waals surface area contributed by atoms with Gasteiger partial charge in [-0.15, -0.1) is 0 Å². The van der Waals surface area contributed by atoms with Crippen LogP contribution in [-0.2, 0) is 17.5 Å². The highest BCUT2D eigenvalue weighted by molar-refractivity contribution is 5.88. The molecule has 2 N–H and O–H groups in total. The number of nitrogens with zero attached hydrogens (tertiary/aromatic N) is 1. The van der Waals surface area contributed by atoms with Crippen LogP contribution >= 0.6 is 0 Å². The highest BCUT2D eigenvalue weighted by Crippen LogP contribution is 2.30. The van der Waals surface area contributed by atoms with E-state index < -0.39 is 23.5 Å². The third-order valence-electron chi connectivity index (χ3n) is 3.60. The van der Waals surface area contributed by atoms with Gasteiger partial charge in [0.25, 0.3) is 0 Å². The Kier molecular flexibility index (Phi) is 5.54. The second-order valence-electron chi connectivity index (χ2n) is 5.40. The van der Waals surface area contributed by atoms with E-state index in [1.165, 1.54) is 17.2 Å². The van der Waals surface area contributed by atoms with Crippen molar-refractivity contribution in [1.82, 2.24) is 10.2 Å².